The van der Waals surface area contributed by atoms with Gasteiger partial charge in [0.1, 0.15) is 5.82 Å². The first-order valence-electron chi connectivity index (χ1n) is 7.39. The van der Waals surface area contributed by atoms with Crippen molar-refractivity contribution in [2.24, 2.45) is 21.9 Å². The third-order valence-corrected chi connectivity index (χ3v) is 5.83. The number of halogens is 1. The monoisotopic (exact) mass is 289 g/mol. The molecule has 0 amide bonds. The van der Waals surface area contributed by atoms with E-state index in [1.54, 1.807) is 0 Å². The molecule has 2 aliphatic carbocycles. The van der Waals surface area contributed by atoms with E-state index in [2.05, 4.69) is 25.9 Å². The molecule has 21 heavy (non-hydrogen) atoms. The highest BCUT2D eigenvalue weighted by Crippen LogP contribution is 2.63. The molecule has 2 bridgehead atoms. The van der Waals surface area contributed by atoms with Gasteiger partial charge in [-0.15, -0.1) is 0 Å². The first kappa shape index (κ1) is 14.2. The number of carbonyl (C=O) groups is 1. The summed E-state index contributed by atoms with van der Waals surface area (Å²) in [4.78, 5) is 17.0. The van der Waals surface area contributed by atoms with Crippen LogP contribution in [0.4, 0.5) is 4.39 Å². The molecule has 2 saturated carbocycles. The second-order valence-electron chi connectivity index (χ2n) is 6.92. The molecule has 0 radical (unpaired) electrons. The largest absolute Gasteiger partial charge is 0.365 e. The molecule has 0 N–H and O–H groups in total. The number of carbonyl (C=O) groups excluding carboxylic acids is 1. The van der Waals surface area contributed by atoms with Gasteiger partial charge in [0.15, 0.2) is 0 Å². The molecule has 0 aliphatic heterocycles. The van der Waals surface area contributed by atoms with E-state index in [1.807, 2.05) is 0 Å². The number of fused-ring (bicyclic) bond motifs is 2. The summed E-state index contributed by atoms with van der Waals surface area (Å²) >= 11 is 0. The number of hydrogen-bond donors (Lipinski definition) is 0. The van der Waals surface area contributed by atoms with E-state index in [1.165, 1.54) is 30.7 Å². The Labute approximate surface area is 124 Å². The molecular weight excluding hydrogens is 269 g/mol. The van der Waals surface area contributed by atoms with Crippen LogP contribution in [0.3, 0.4) is 0 Å². The zero-order valence-electron chi connectivity index (χ0n) is 12.6. The Morgan fingerprint density at radius 2 is 1.95 bits per heavy atom. The highest BCUT2D eigenvalue weighted by molar-refractivity contribution is 5.95. The Morgan fingerprint density at radius 1 is 1.29 bits per heavy atom. The lowest BCUT2D eigenvalue weighted by Gasteiger charge is -2.34. The van der Waals surface area contributed by atoms with Crippen molar-refractivity contribution in [2.75, 3.05) is 0 Å². The summed E-state index contributed by atoms with van der Waals surface area (Å²) in [5, 5.41) is 4.15. The van der Waals surface area contributed by atoms with Gasteiger partial charge in [0.05, 0.1) is 11.3 Å². The van der Waals surface area contributed by atoms with Crippen molar-refractivity contribution in [1.82, 2.24) is 0 Å². The van der Waals surface area contributed by atoms with E-state index in [0.717, 1.165) is 18.6 Å². The molecule has 0 spiro atoms. The maximum Gasteiger partial charge on any atom is 0.365 e. The van der Waals surface area contributed by atoms with Crippen molar-refractivity contribution >= 4 is 11.7 Å². The van der Waals surface area contributed by atoms with Crippen LogP contribution >= 0.6 is 0 Å². The van der Waals surface area contributed by atoms with Gasteiger partial charge >= 0.3 is 5.97 Å². The lowest BCUT2D eigenvalue weighted by atomic mass is 9.70. The van der Waals surface area contributed by atoms with Gasteiger partial charge in [-0.3, -0.25) is 0 Å². The van der Waals surface area contributed by atoms with Gasteiger partial charge in [0.25, 0.3) is 0 Å². The van der Waals surface area contributed by atoms with Crippen LogP contribution < -0.4 is 0 Å². The molecule has 0 heterocycles. The zero-order valence-corrected chi connectivity index (χ0v) is 12.6. The van der Waals surface area contributed by atoms with Crippen molar-refractivity contribution in [2.45, 2.75) is 40.0 Å². The molecular formula is C17H20FNO2. The van der Waals surface area contributed by atoms with Crippen LogP contribution in [0.1, 0.15) is 50.4 Å². The molecule has 0 saturated heterocycles. The molecule has 0 aromatic heterocycles. The number of nitrogens with zero attached hydrogens (tertiary/aromatic N) is 1. The normalized spacial score (nSPS) is 31.6. The number of benzene rings is 1. The average Bonchev–Trinajstić information content (AvgIpc) is 2.78. The highest BCUT2D eigenvalue weighted by Gasteiger charge is 2.60. The maximum absolute atomic E-state index is 12.8. The van der Waals surface area contributed by atoms with Crippen LogP contribution in [0.15, 0.2) is 29.4 Å². The quantitative estimate of drug-likeness (QED) is 0.605. The third-order valence-electron chi connectivity index (χ3n) is 5.83. The molecule has 1 aromatic rings. The minimum absolute atomic E-state index is 0.0146. The fourth-order valence-electron chi connectivity index (χ4n) is 3.80. The van der Waals surface area contributed by atoms with Crippen LogP contribution in [0.5, 0.6) is 0 Å². The van der Waals surface area contributed by atoms with Gasteiger partial charge in [-0.2, -0.15) is 0 Å². The topological polar surface area (TPSA) is 38.7 Å². The van der Waals surface area contributed by atoms with Crippen LogP contribution in [0.2, 0.25) is 0 Å². The Morgan fingerprint density at radius 3 is 2.48 bits per heavy atom. The van der Waals surface area contributed by atoms with Gasteiger partial charge in [0.2, 0.25) is 0 Å². The molecule has 2 unspecified atom stereocenters. The highest BCUT2D eigenvalue weighted by atomic mass is 19.1. The number of rotatable bonds is 2. The smallest absolute Gasteiger partial charge is 0.313 e. The third kappa shape index (κ3) is 2.08. The number of hydrogen-bond acceptors (Lipinski definition) is 3. The zero-order chi connectivity index (χ0) is 15.3. The van der Waals surface area contributed by atoms with E-state index in [4.69, 9.17) is 4.84 Å². The fourth-order valence-corrected chi connectivity index (χ4v) is 3.80. The van der Waals surface area contributed by atoms with Gasteiger partial charge in [-0.1, -0.05) is 25.9 Å². The van der Waals surface area contributed by atoms with Gasteiger partial charge in [-0.05, 0) is 54.9 Å². The summed E-state index contributed by atoms with van der Waals surface area (Å²) in [6, 6.07) is 5.30. The predicted octanol–water partition coefficient (Wildman–Crippen LogP) is 4.18. The minimum Gasteiger partial charge on any atom is -0.313 e. The maximum atomic E-state index is 12.8. The molecule has 1 aromatic carbocycles. The van der Waals surface area contributed by atoms with Gasteiger partial charge in [0, 0.05) is 5.41 Å². The van der Waals surface area contributed by atoms with E-state index in [0.29, 0.717) is 11.5 Å². The molecule has 2 atom stereocenters. The molecule has 2 fully saturated rings. The van der Waals surface area contributed by atoms with Crippen molar-refractivity contribution < 1.29 is 14.0 Å². The molecule has 3 nitrogen and oxygen atoms in total. The summed E-state index contributed by atoms with van der Waals surface area (Å²) in [7, 11) is 0. The van der Waals surface area contributed by atoms with E-state index in [9.17, 15) is 9.18 Å². The second kappa shape index (κ2) is 4.65. The average molecular weight is 289 g/mol. The Balaban J connectivity index is 1.76. The molecule has 3 rings (SSSR count). The minimum atomic E-state index is -0.535. The van der Waals surface area contributed by atoms with E-state index in [-0.39, 0.29) is 16.6 Å². The SMILES string of the molecule is CC12CCC(C/C1=N/OC(=O)c1ccc(F)cc1)C2(C)C. The summed E-state index contributed by atoms with van der Waals surface area (Å²) in [5.41, 5.74) is 1.52. The van der Waals surface area contributed by atoms with Crippen molar-refractivity contribution in [1.29, 1.82) is 0 Å². The summed E-state index contributed by atoms with van der Waals surface area (Å²) in [6.45, 7) is 6.76. The van der Waals surface area contributed by atoms with Crippen molar-refractivity contribution in [3.8, 4) is 0 Å². The van der Waals surface area contributed by atoms with Gasteiger partial charge in [-0.25, -0.2) is 9.18 Å². The standard InChI is InChI=1S/C17H20FNO2/c1-16(2)12-8-9-17(16,3)14(10-12)19-21-15(20)11-4-6-13(18)7-5-11/h4-7,12H,8-10H2,1-3H3/b19-14-. The van der Waals surface area contributed by atoms with E-state index >= 15 is 0 Å². The molecule has 2 aliphatic rings. The molecule has 4 heteroatoms. The van der Waals surface area contributed by atoms with Crippen LogP contribution in [-0.2, 0) is 4.84 Å². The summed E-state index contributed by atoms with van der Waals surface area (Å²) < 4.78 is 12.8. The van der Waals surface area contributed by atoms with Crippen LogP contribution in [0.25, 0.3) is 0 Å². The number of oxime groups is 1. The first-order valence-corrected chi connectivity index (χ1v) is 7.39. The Bertz CT molecular complexity index is 606. The molecule has 112 valence electrons. The summed E-state index contributed by atoms with van der Waals surface area (Å²) in [6.07, 6.45) is 3.21. The Kier molecular flexibility index (Phi) is 3.15. The second-order valence-corrected chi connectivity index (χ2v) is 6.92. The summed E-state index contributed by atoms with van der Waals surface area (Å²) in [5.74, 6) is -0.294. The first-order chi connectivity index (χ1) is 9.84. The lowest BCUT2D eigenvalue weighted by Crippen LogP contribution is -2.32. The Hall–Kier alpha value is -1.71. The predicted molar refractivity (Wildman–Crippen MR) is 78.5 cm³/mol. The van der Waals surface area contributed by atoms with E-state index < -0.39 is 5.97 Å². The van der Waals surface area contributed by atoms with Crippen LogP contribution in [0, 0.1) is 22.6 Å². The van der Waals surface area contributed by atoms with Crippen LogP contribution in [-0.4, -0.2) is 11.7 Å². The van der Waals surface area contributed by atoms with Gasteiger partial charge < -0.3 is 4.84 Å². The lowest BCUT2D eigenvalue weighted by molar-refractivity contribution is 0.0508. The van der Waals surface area contributed by atoms with Crippen molar-refractivity contribution in [3.05, 3.63) is 35.6 Å². The van der Waals surface area contributed by atoms with Crippen molar-refractivity contribution in [3.63, 3.8) is 0 Å². The fraction of sp³-hybridized carbons (Fsp3) is 0.529.